The average molecular weight is 304 g/mol. The molecule has 1 aromatic carbocycles. The zero-order valence-corrected chi connectivity index (χ0v) is 11.5. The van der Waals surface area contributed by atoms with Crippen molar-refractivity contribution in [3.63, 3.8) is 0 Å². The molecular weight excluding hydrogens is 289 g/mol. The SMILES string of the molecule is C=CCCCC(OC(=S)Oc1ccccc1)C(F)(F)F. The summed E-state index contributed by atoms with van der Waals surface area (Å²) in [6.45, 7) is 3.46. The minimum Gasteiger partial charge on any atom is -0.444 e. The summed E-state index contributed by atoms with van der Waals surface area (Å²) in [6, 6.07) is 8.28. The summed E-state index contributed by atoms with van der Waals surface area (Å²) >= 11 is 4.70. The Kier molecular flexibility index (Phi) is 6.51. The van der Waals surface area contributed by atoms with Crippen LogP contribution in [0.15, 0.2) is 43.0 Å². The van der Waals surface area contributed by atoms with Crippen molar-refractivity contribution in [1.82, 2.24) is 0 Å². The highest BCUT2D eigenvalue weighted by atomic mass is 32.1. The molecule has 0 saturated heterocycles. The molecule has 1 aromatic rings. The third kappa shape index (κ3) is 6.06. The second-order valence-corrected chi connectivity index (χ2v) is 4.37. The van der Waals surface area contributed by atoms with Crippen molar-refractivity contribution in [2.24, 2.45) is 0 Å². The maximum Gasteiger partial charge on any atom is 0.425 e. The van der Waals surface area contributed by atoms with Gasteiger partial charge in [-0.05, 0) is 31.4 Å². The first-order valence-corrected chi connectivity index (χ1v) is 6.45. The molecule has 0 aromatic heterocycles. The minimum absolute atomic E-state index is 0.187. The number of unbranched alkanes of at least 4 members (excludes halogenated alkanes) is 1. The fourth-order valence-corrected chi connectivity index (χ4v) is 1.67. The van der Waals surface area contributed by atoms with Crippen molar-refractivity contribution >= 4 is 17.5 Å². The summed E-state index contributed by atoms with van der Waals surface area (Å²) in [5.41, 5.74) is 0. The topological polar surface area (TPSA) is 18.5 Å². The van der Waals surface area contributed by atoms with Crippen LogP contribution < -0.4 is 4.74 Å². The monoisotopic (exact) mass is 304 g/mol. The van der Waals surface area contributed by atoms with Gasteiger partial charge in [0.05, 0.1) is 0 Å². The van der Waals surface area contributed by atoms with Crippen LogP contribution in [0.5, 0.6) is 5.75 Å². The van der Waals surface area contributed by atoms with E-state index >= 15 is 0 Å². The Balaban J connectivity index is 2.55. The van der Waals surface area contributed by atoms with Crippen LogP contribution in [-0.4, -0.2) is 17.5 Å². The van der Waals surface area contributed by atoms with Crippen LogP contribution in [0, 0.1) is 0 Å². The maximum absolute atomic E-state index is 12.8. The van der Waals surface area contributed by atoms with E-state index in [0.29, 0.717) is 18.6 Å². The van der Waals surface area contributed by atoms with Crippen LogP contribution in [0.4, 0.5) is 13.2 Å². The van der Waals surface area contributed by atoms with Gasteiger partial charge < -0.3 is 9.47 Å². The zero-order valence-electron chi connectivity index (χ0n) is 10.7. The summed E-state index contributed by atoms with van der Waals surface area (Å²) in [4.78, 5) is 0. The van der Waals surface area contributed by atoms with Crippen molar-refractivity contribution < 1.29 is 22.6 Å². The molecule has 0 fully saturated rings. The number of para-hydroxylation sites is 1. The summed E-state index contributed by atoms with van der Waals surface area (Å²) in [5.74, 6) is 0.338. The molecule has 0 aliphatic rings. The second-order valence-electron chi connectivity index (χ2n) is 4.03. The molecule has 1 unspecified atom stereocenters. The number of rotatable bonds is 6. The number of hydrogen-bond donors (Lipinski definition) is 0. The quantitative estimate of drug-likeness (QED) is 0.433. The highest BCUT2D eigenvalue weighted by molar-refractivity contribution is 7.79. The predicted molar refractivity (Wildman–Crippen MR) is 74.6 cm³/mol. The van der Waals surface area contributed by atoms with E-state index in [0.717, 1.165) is 0 Å². The van der Waals surface area contributed by atoms with Gasteiger partial charge >= 0.3 is 11.4 Å². The van der Waals surface area contributed by atoms with E-state index < -0.39 is 17.5 Å². The molecule has 110 valence electrons. The second kappa shape index (κ2) is 7.89. The molecule has 1 atom stereocenters. The fraction of sp³-hybridized carbons (Fsp3) is 0.357. The number of alkyl halides is 3. The third-order valence-corrected chi connectivity index (χ3v) is 2.60. The third-order valence-electron chi connectivity index (χ3n) is 2.42. The van der Waals surface area contributed by atoms with Crippen molar-refractivity contribution in [2.45, 2.75) is 31.5 Å². The lowest BCUT2D eigenvalue weighted by molar-refractivity contribution is -0.202. The standard InChI is InChI=1S/C14H15F3O2S/c1-2-3-5-10-12(14(15,16)17)19-13(20)18-11-8-6-4-7-9-11/h2,4,6-9,12H,1,3,5,10H2. The van der Waals surface area contributed by atoms with Gasteiger partial charge in [0.15, 0.2) is 6.10 Å². The Morgan fingerprint density at radius 1 is 1.30 bits per heavy atom. The van der Waals surface area contributed by atoms with E-state index in [1.165, 1.54) is 0 Å². The molecule has 0 amide bonds. The zero-order chi connectivity index (χ0) is 15.0. The number of hydrogen-bond acceptors (Lipinski definition) is 3. The van der Waals surface area contributed by atoms with Crippen molar-refractivity contribution in [2.75, 3.05) is 0 Å². The first-order valence-electron chi connectivity index (χ1n) is 6.04. The fourth-order valence-electron chi connectivity index (χ4n) is 1.46. The van der Waals surface area contributed by atoms with Crippen LogP contribution >= 0.6 is 12.2 Å². The Hall–Kier alpha value is -1.56. The molecule has 2 nitrogen and oxygen atoms in total. The summed E-state index contributed by atoms with van der Waals surface area (Å²) in [7, 11) is 0. The molecule has 0 aliphatic carbocycles. The molecule has 0 bridgehead atoms. The van der Waals surface area contributed by atoms with E-state index in [1.807, 2.05) is 0 Å². The first-order chi connectivity index (χ1) is 9.43. The van der Waals surface area contributed by atoms with Gasteiger partial charge in [0, 0.05) is 12.2 Å². The summed E-state index contributed by atoms with van der Waals surface area (Å²) in [6.07, 6.45) is -4.26. The molecule has 0 aliphatic heterocycles. The molecule has 6 heteroatoms. The van der Waals surface area contributed by atoms with E-state index in [2.05, 4.69) is 6.58 Å². The molecule has 20 heavy (non-hydrogen) atoms. The van der Waals surface area contributed by atoms with E-state index in [-0.39, 0.29) is 6.42 Å². The van der Waals surface area contributed by atoms with E-state index in [4.69, 9.17) is 21.7 Å². The van der Waals surface area contributed by atoms with Crippen molar-refractivity contribution in [1.29, 1.82) is 0 Å². The van der Waals surface area contributed by atoms with Crippen LogP contribution in [0.25, 0.3) is 0 Å². The molecule has 0 spiro atoms. The lowest BCUT2D eigenvalue weighted by Crippen LogP contribution is -2.34. The molecular formula is C14H15F3O2S. The number of halogens is 3. The lowest BCUT2D eigenvalue weighted by atomic mass is 10.1. The van der Waals surface area contributed by atoms with Gasteiger partial charge in [0.1, 0.15) is 5.75 Å². The highest BCUT2D eigenvalue weighted by Gasteiger charge is 2.42. The van der Waals surface area contributed by atoms with Crippen LogP contribution in [0.3, 0.4) is 0 Å². The Labute approximate surface area is 121 Å². The average Bonchev–Trinajstić information content (AvgIpc) is 2.38. The van der Waals surface area contributed by atoms with Gasteiger partial charge in [-0.1, -0.05) is 24.3 Å². The first kappa shape index (κ1) is 16.5. The Morgan fingerprint density at radius 2 is 1.95 bits per heavy atom. The van der Waals surface area contributed by atoms with Crippen LogP contribution in [0.1, 0.15) is 19.3 Å². The normalized spacial score (nSPS) is 12.6. The Morgan fingerprint density at radius 3 is 2.50 bits per heavy atom. The van der Waals surface area contributed by atoms with Gasteiger partial charge in [-0.25, -0.2) is 0 Å². The minimum atomic E-state index is -4.48. The largest absolute Gasteiger partial charge is 0.444 e. The van der Waals surface area contributed by atoms with E-state index in [1.54, 1.807) is 36.4 Å². The van der Waals surface area contributed by atoms with Crippen molar-refractivity contribution in [3.05, 3.63) is 43.0 Å². The molecule has 1 rings (SSSR count). The predicted octanol–water partition coefficient (Wildman–Crippen LogP) is 4.65. The van der Waals surface area contributed by atoms with Crippen LogP contribution in [0.2, 0.25) is 0 Å². The van der Waals surface area contributed by atoms with Gasteiger partial charge in [0.25, 0.3) is 0 Å². The number of allylic oxidation sites excluding steroid dienone is 1. The summed E-state index contributed by atoms with van der Waals surface area (Å²) < 4.78 is 48.1. The number of thiocarbonyl (C=S) groups is 1. The molecule has 0 saturated carbocycles. The molecule has 0 radical (unpaired) electrons. The van der Waals surface area contributed by atoms with Gasteiger partial charge in [-0.15, -0.1) is 6.58 Å². The van der Waals surface area contributed by atoms with E-state index in [9.17, 15) is 13.2 Å². The lowest BCUT2D eigenvalue weighted by Gasteiger charge is -2.21. The summed E-state index contributed by atoms with van der Waals surface area (Å²) in [5, 5.41) is -0.530. The van der Waals surface area contributed by atoms with Gasteiger partial charge in [-0.3, -0.25) is 0 Å². The number of ether oxygens (including phenoxy) is 2. The van der Waals surface area contributed by atoms with Gasteiger partial charge in [-0.2, -0.15) is 13.2 Å². The molecule has 0 N–H and O–H groups in total. The maximum atomic E-state index is 12.8. The number of benzene rings is 1. The molecule has 0 heterocycles. The Bertz CT molecular complexity index is 432. The van der Waals surface area contributed by atoms with Gasteiger partial charge in [0.2, 0.25) is 0 Å². The van der Waals surface area contributed by atoms with Crippen molar-refractivity contribution in [3.8, 4) is 5.75 Å². The highest BCUT2D eigenvalue weighted by Crippen LogP contribution is 2.27. The van der Waals surface area contributed by atoms with Crippen LogP contribution in [-0.2, 0) is 4.74 Å². The smallest absolute Gasteiger partial charge is 0.425 e.